The molecule has 0 unspecified atom stereocenters. The van der Waals surface area contributed by atoms with Crippen LogP contribution in [0.15, 0.2) is 42.6 Å². The Kier molecular flexibility index (Phi) is 7.31. The molecule has 1 saturated heterocycles. The van der Waals surface area contributed by atoms with Crippen LogP contribution in [0, 0.1) is 11.3 Å². The second-order valence-electron chi connectivity index (χ2n) is 8.27. The number of ether oxygens (including phenoxy) is 1. The van der Waals surface area contributed by atoms with Crippen molar-refractivity contribution in [2.45, 2.75) is 38.6 Å². The molecule has 0 atom stereocenters. The third kappa shape index (κ3) is 5.37. The molecule has 1 aliphatic rings. The van der Waals surface area contributed by atoms with Crippen LogP contribution < -0.4 is 10.1 Å². The number of halogens is 1. The molecule has 33 heavy (non-hydrogen) atoms. The molecule has 1 fully saturated rings. The Morgan fingerprint density at radius 3 is 2.76 bits per heavy atom. The van der Waals surface area contributed by atoms with E-state index in [4.69, 9.17) is 16.3 Å². The summed E-state index contributed by atoms with van der Waals surface area (Å²) in [7, 11) is 1.59. The second kappa shape index (κ2) is 10.5. The number of aryl methyl sites for hydroxylation is 1. The van der Waals surface area contributed by atoms with E-state index in [0.717, 1.165) is 53.6 Å². The van der Waals surface area contributed by atoms with E-state index >= 15 is 0 Å². The van der Waals surface area contributed by atoms with Gasteiger partial charge in [-0.25, -0.2) is 0 Å². The molecule has 0 saturated carbocycles. The maximum atomic E-state index is 12.7. The number of hydrogen-bond acceptors (Lipinski definition) is 5. The average molecular weight is 463 g/mol. The van der Waals surface area contributed by atoms with E-state index in [1.165, 1.54) is 6.42 Å². The Labute approximate surface area is 199 Å². The van der Waals surface area contributed by atoms with Gasteiger partial charge in [-0.1, -0.05) is 17.7 Å². The minimum atomic E-state index is 0.188. The number of rotatable bonds is 7. The smallest absolute Gasteiger partial charge is 0.222 e. The van der Waals surface area contributed by atoms with Gasteiger partial charge in [0.15, 0.2) is 0 Å². The van der Waals surface area contributed by atoms with Gasteiger partial charge in [-0.05, 0) is 67.1 Å². The number of piperidine rings is 1. The van der Waals surface area contributed by atoms with E-state index in [0.29, 0.717) is 35.7 Å². The number of aromatic nitrogens is 1. The van der Waals surface area contributed by atoms with E-state index in [1.807, 2.05) is 41.4 Å². The van der Waals surface area contributed by atoms with Gasteiger partial charge < -0.3 is 15.0 Å². The van der Waals surface area contributed by atoms with Crippen molar-refractivity contribution in [2.24, 2.45) is 0 Å². The van der Waals surface area contributed by atoms with Crippen LogP contribution in [0.2, 0.25) is 5.02 Å². The molecule has 0 spiro atoms. The molecule has 1 aliphatic heterocycles. The molecular weight excluding hydrogens is 436 g/mol. The summed E-state index contributed by atoms with van der Waals surface area (Å²) in [4.78, 5) is 19.3. The minimum Gasteiger partial charge on any atom is -0.495 e. The Bertz CT molecular complexity index is 1200. The first-order chi connectivity index (χ1) is 16.1. The number of nitrogens with zero attached hydrogens (tertiary/aromatic N) is 3. The molecule has 1 aromatic heterocycles. The van der Waals surface area contributed by atoms with E-state index < -0.39 is 0 Å². The van der Waals surface area contributed by atoms with Crippen molar-refractivity contribution >= 4 is 34.1 Å². The number of carbonyl (C=O) groups excluding carboxylic acids is 1. The zero-order valence-corrected chi connectivity index (χ0v) is 19.5. The molecule has 3 aromatic rings. The molecule has 6 nitrogen and oxygen atoms in total. The number of nitriles is 1. The van der Waals surface area contributed by atoms with Crippen molar-refractivity contribution in [3.05, 3.63) is 64.3 Å². The highest BCUT2D eigenvalue weighted by Gasteiger charge is 2.18. The van der Waals surface area contributed by atoms with Crippen LogP contribution in [0.1, 0.15) is 42.4 Å². The van der Waals surface area contributed by atoms with Crippen LogP contribution >= 0.6 is 11.6 Å². The summed E-state index contributed by atoms with van der Waals surface area (Å²) >= 11 is 6.29. The number of carbonyl (C=O) groups is 1. The van der Waals surface area contributed by atoms with Gasteiger partial charge in [0.2, 0.25) is 5.91 Å². The molecule has 0 radical (unpaired) electrons. The topological polar surface area (TPSA) is 78.2 Å². The van der Waals surface area contributed by atoms with Crippen molar-refractivity contribution in [1.82, 2.24) is 9.88 Å². The lowest BCUT2D eigenvalue weighted by Crippen LogP contribution is -2.35. The molecule has 170 valence electrons. The van der Waals surface area contributed by atoms with Gasteiger partial charge in [0, 0.05) is 43.3 Å². The van der Waals surface area contributed by atoms with Crippen LogP contribution in [0.4, 0.5) is 5.69 Å². The average Bonchev–Trinajstić information content (AvgIpc) is 2.86. The molecular formula is C26H27ClN4O2. The zero-order valence-electron chi connectivity index (χ0n) is 18.7. The van der Waals surface area contributed by atoms with Crippen LogP contribution in [0.3, 0.4) is 0 Å². The van der Waals surface area contributed by atoms with Crippen molar-refractivity contribution in [3.63, 3.8) is 0 Å². The Balaban J connectivity index is 1.60. The number of nitrogens with one attached hydrogen (secondary N) is 1. The summed E-state index contributed by atoms with van der Waals surface area (Å²) < 4.78 is 5.24. The van der Waals surface area contributed by atoms with Gasteiger partial charge in [0.1, 0.15) is 5.75 Å². The molecule has 0 aliphatic carbocycles. The lowest BCUT2D eigenvalue weighted by molar-refractivity contribution is -0.132. The van der Waals surface area contributed by atoms with Gasteiger partial charge in [0.25, 0.3) is 0 Å². The molecule has 1 N–H and O–H groups in total. The van der Waals surface area contributed by atoms with E-state index in [9.17, 15) is 10.1 Å². The quantitative estimate of drug-likeness (QED) is 0.513. The molecule has 4 rings (SSSR count). The van der Waals surface area contributed by atoms with Crippen LogP contribution in [-0.4, -0.2) is 36.0 Å². The van der Waals surface area contributed by atoms with Gasteiger partial charge in [-0.2, -0.15) is 5.26 Å². The number of pyridine rings is 1. The maximum Gasteiger partial charge on any atom is 0.222 e. The molecule has 2 heterocycles. The lowest BCUT2D eigenvalue weighted by atomic mass is 10.0. The fraction of sp³-hybridized carbons (Fsp3) is 0.346. The predicted molar refractivity (Wildman–Crippen MR) is 131 cm³/mol. The molecule has 7 heteroatoms. The minimum absolute atomic E-state index is 0.188. The molecule has 0 bridgehead atoms. The van der Waals surface area contributed by atoms with Crippen molar-refractivity contribution in [1.29, 1.82) is 5.26 Å². The summed E-state index contributed by atoms with van der Waals surface area (Å²) in [5.74, 6) is 0.818. The monoisotopic (exact) mass is 462 g/mol. The van der Waals surface area contributed by atoms with Gasteiger partial charge in [-0.15, -0.1) is 0 Å². The summed E-state index contributed by atoms with van der Waals surface area (Å²) in [5.41, 5.74) is 4.23. The summed E-state index contributed by atoms with van der Waals surface area (Å²) in [6.45, 7) is 2.24. The van der Waals surface area contributed by atoms with Gasteiger partial charge in [-0.3, -0.25) is 9.78 Å². The highest BCUT2D eigenvalue weighted by molar-refractivity contribution is 6.32. The Hall–Kier alpha value is -3.30. The Morgan fingerprint density at radius 2 is 2.03 bits per heavy atom. The van der Waals surface area contributed by atoms with E-state index in [1.54, 1.807) is 13.2 Å². The Morgan fingerprint density at radius 1 is 1.21 bits per heavy atom. The highest BCUT2D eigenvalue weighted by Crippen LogP contribution is 2.30. The number of methoxy groups -OCH3 is 1. The van der Waals surface area contributed by atoms with Gasteiger partial charge in [0.05, 0.1) is 29.3 Å². The maximum absolute atomic E-state index is 12.7. The molecule has 2 aromatic carbocycles. The number of likely N-dealkylation sites (tertiary alicyclic amines) is 1. The normalized spacial score (nSPS) is 13.5. The van der Waals surface area contributed by atoms with Crippen LogP contribution in [0.5, 0.6) is 5.75 Å². The van der Waals surface area contributed by atoms with E-state index in [2.05, 4.69) is 16.4 Å². The van der Waals surface area contributed by atoms with Crippen molar-refractivity contribution in [2.75, 3.05) is 25.5 Å². The summed E-state index contributed by atoms with van der Waals surface area (Å²) in [6.07, 6.45) is 6.22. The SMILES string of the molecule is COc1ccc(CNc2c(CCC(=O)N3CCCCC3)cnc3ccc(C#N)cc23)cc1Cl. The first-order valence-corrected chi connectivity index (χ1v) is 11.6. The third-order valence-electron chi connectivity index (χ3n) is 6.08. The predicted octanol–water partition coefficient (Wildman–Crippen LogP) is 5.33. The van der Waals surface area contributed by atoms with Crippen molar-refractivity contribution < 1.29 is 9.53 Å². The fourth-order valence-corrected chi connectivity index (χ4v) is 4.54. The van der Waals surface area contributed by atoms with Gasteiger partial charge >= 0.3 is 0 Å². The van der Waals surface area contributed by atoms with Crippen LogP contribution in [-0.2, 0) is 17.8 Å². The molecule has 1 amide bonds. The fourth-order valence-electron chi connectivity index (χ4n) is 4.26. The van der Waals surface area contributed by atoms with Crippen LogP contribution in [0.25, 0.3) is 10.9 Å². The highest BCUT2D eigenvalue weighted by atomic mass is 35.5. The summed E-state index contributed by atoms with van der Waals surface area (Å²) in [5, 5.41) is 14.3. The van der Waals surface area contributed by atoms with Crippen molar-refractivity contribution in [3.8, 4) is 11.8 Å². The third-order valence-corrected chi connectivity index (χ3v) is 6.37. The largest absolute Gasteiger partial charge is 0.495 e. The number of hydrogen-bond donors (Lipinski definition) is 1. The summed E-state index contributed by atoms with van der Waals surface area (Å²) in [6, 6.07) is 13.3. The second-order valence-corrected chi connectivity index (χ2v) is 8.67. The number of fused-ring (bicyclic) bond motifs is 1. The zero-order chi connectivity index (χ0) is 23.2. The van der Waals surface area contributed by atoms with E-state index in [-0.39, 0.29) is 5.91 Å². The number of amides is 1. The lowest BCUT2D eigenvalue weighted by Gasteiger charge is -2.27. The standard InChI is InChI=1S/C26H27ClN4O2/c1-33-24-9-6-19(14-22(24)27)16-30-26-20(7-10-25(32)31-11-3-2-4-12-31)17-29-23-8-5-18(15-28)13-21(23)26/h5-6,8-9,13-14,17H,2-4,7,10-12,16H2,1H3,(H,29,30). The number of benzene rings is 2. The number of anilines is 1. The first-order valence-electron chi connectivity index (χ1n) is 11.2. The first kappa shape index (κ1) is 22.9.